The Hall–Kier alpha value is -2.72. The van der Waals surface area contributed by atoms with E-state index in [0.29, 0.717) is 16.5 Å². The van der Waals surface area contributed by atoms with Crippen molar-refractivity contribution >= 4 is 23.2 Å². The molecule has 1 amide bonds. The lowest BCUT2D eigenvalue weighted by molar-refractivity contribution is -0.115. The summed E-state index contributed by atoms with van der Waals surface area (Å²) < 4.78 is 0. The summed E-state index contributed by atoms with van der Waals surface area (Å²) in [5.74, 6) is 0.462. The van der Waals surface area contributed by atoms with Crippen molar-refractivity contribution in [3.05, 3.63) is 77.6 Å². The fraction of sp³-hybridized carbons (Fsp3) is 0.0556. The predicted molar refractivity (Wildman–Crippen MR) is 91.3 cm³/mol. The molecule has 1 N–H and O–H groups in total. The fourth-order valence-corrected chi connectivity index (χ4v) is 2.35. The lowest BCUT2D eigenvalue weighted by atomic mass is 10.1. The van der Waals surface area contributed by atoms with Crippen molar-refractivity contribution in [1.82, 2.24) is 9.97 Å². The van der Waals surface area contributed by atoms with Crippen molar-refractivity contribution in [3.8, 4) is 11.4 Å². The monoisotopic (exact) mass is 323 g/mol. The fourth-order valence-electron chi connectivity index (χ4n) is 2.15. The zero-order valence-electron chi connectivity index (χ0n) is 12.2. The highest BCUT2D eigenvalue weighted by Crippen LogP contribution is 2.17. The standard InChI is InChI=1S/C18H14ClN3O/c19-16-9-5-4-8-14(16)10-17(23)22-15-11-20-18(21-12-15)13-6-2-1-3-7-13/h1-9,11-12H,10H2,(H,22,23). The number of anilines is 1. The molecule has 23 heavy (non-hydrogen) atoms. The second-order valence-corrected chi connectivity index (χ2v) is 5.38. The minimum absolute atomic E-state index is 0.158. The summed E-state index contributed by atoms with van der Waals surface area (Å²) in [6, 6.07) is 16.9. The number of amides is 1. The normalized spacial score (nSPS) is 10.3. The van der Waals surface area contributed by atoms with Gasteiger partial charge in [0.05, 0.1) is 24.5 Å². The first-order valence-electron chi connectivity index (χ1n) is 7.13. The van der Waals surface area contributed by atoms with Gasteiger partial charge in [0.15, 0.2) is 5.82 Å². The predicted octanol–water partition coefficient (Wildman–Crippen LogP) is 3.98. The van der Waals surface area contributed by atoms with Crippen LogP contribution in [0, 0.1) is 0 Å². The third-order valence-electron chi connectivity index (χ3n) is 3.28. The molecule has 4 nitrogen and oxygen atoms in total. The molecule has 0 radical (unpaired) electrons. The van der Waals surface area contributed by atoms with E-state index in [0.717, 1.165) is 11.1 Å². The molecule has 1 heterocycles. The second kappa shape index (κ2) is 7.03. The zero-order chi connectivity index (χ0) is 16.1. The quantitative estimate of drug-likeness (QED) is 0.790. The smallest absolute Gasteiger partial charge is 0.228 e. The summed E-state index contributed by atoms with van der Waals surface area (Å²) >= 11 is 6.06. The van der Waals surface area contributed by atoms with Crippen LogP contribution in [0.4, 0.5) is 5.69 Å². The summed E-state index contributed by atoms with van der Waals surface area (Å²) in [4.78, 5) is 20.6. The van der Waals surface area contributed by atoms with Crippen LogP contribution < -0.4 is 5.32 Å². The lowest BCUT2D eigenvalue weighted by Crippen LogP contribution is -2.15. The molecule has 114 valence electrons. The van der Waals surface area contributed by atoms with Crippen molar-refractivity contribution in [2.45, 2.75) is 6.42 Å². The Kier molecular flexibility index (Phi) is 4.64. The van der Waals surface area contributed by atoms with Gasteiger partial charge in [0, 0.05) is 10.6 Å². The molecule has 0 spiro atoms. The number of nitrogens with one attached hydrogen (secondary N) is 1. The van der Waals surface area contributed by atoms with Crippen LogP contribution in [0.25, 0.3) is 11.4 Å². The van der Waals surface area contributed by atoms with Gasteiger partial charge in [-0.05, 0) is 11.6 Å². The largest absolute Gasteiger partial charge is 0.323 e. The van der Waals surface area contributed by atoms with Crippen LogP contribution in [0.5, 0.6) is 0 Å². The van der Waals surface area contributed by atoms with E-state index in [-0.39, 0.29) is 12.3 Å². The summed E-state index contributed by atoms with van der Waals surface area (Å²) in [6.45, 7) is 0. The summed E-state index contributed by atoms with van der Waals surface area (Å²) in [5, 5.41) is 3.36. The van der Waals surface area contributed by atoms with Gasteiger partial charge in [0.1, 0.15) is 0 Å². The maximum Gasteiger partial charge on any atom is 0.228 e. The van der Waals surface area contributed by atoms with Crippen molar-refractivity contribution in [2.24, 2.45) is 0 Å². The number of hydrogen-bond acceptors (Lipinski definition) is 3. The van der Waals surface area contributed by atoms with Crippen LogP contribution >= 0.6 is 11.6 Å². The molecule has 3 aromatic rings. The first-order valence-corrected chi connectivity index (χ1v) is 7.51. The number of rotatable bonds is 4. The van der Waals surface area contributed by atoms with E-state index in [2.05, 4.69) is 15.3 Å². The van der Waals surface area contributed by atoms with Crippen LogP contribution in [0.1, 0.15) is 5.56 Å². The Labute approximate surface area is 139 Å². The van der Waals surface area contributed by atoms with Crippen LogP contribution in [-0.4, -0.2) is 15.9 Å². The molecular weight excluding hydrogens is 310 g/mol. The number of benzene rings is 2. The first-order chi connectivity index (χ1) is 11.2. The van der Waals surface area contributed by atoms with E-state index in [1.165, 1.54) is 0 Å². The molecular formula is C18H14ClN3O. The molecule has 0 aliphatic rings. The molecule has 0 saturated carbocycles. The number of halogens is 1. The summed E-state index contributed by atoms with van der Waals surface area (Å²) in [6.07, 6.45) is 3.40. The Bertz CT molecular complexity index is 804. The van der Waals surface area contributed by atoms with E-state index < -0.39 is 0 Å². The molecule has 0 fully saturated rings. The van der Waals surface area contributed by atoms with Crippen LogP contribution in [0.15, 0.2) is 67.0 Å². The Morgan fingerprint density at radius 1 is 0.957 bits per heavy atom. The van der Waals surface area contributed by atoms with E-state index in [9.17, 15) is 4.79 Å². The number of nitrogens with zero attached hydrogens (tertiary/aromatic N) is 2. The van der Waals surface area contributed by atoms with Gasteiger partial charge in [-0.15, -0.1) is 0 Å². The van der Waals surface area contributed by atoms with Crippen molar-refractivity contribution in [3.63, 3.8) is 0 Å². The van der Waals surface area contributed by atoms with Gasteiger partial charge in [0.25, 0.3) is 0 Å². The maximum absolute atomic E-state index is 12.1. The molecule has 0 aliphatic carbocycles. The first kappa shape index (κ1) is 15.2. The number of aromatic nitrogens is 2. The molecule has 0 aliphatic heterocycles. The van der Waals surface area contributed by atoms with Gasteiger partial charge >= 0.3 is 0 Å². The third-order valence-corrected chi connectivity index (χ3v) is 3.65. The van der Waals surface area contributed by atoms with Gasteiger partial charge in [-0.25, -0.2) is 9.97 Å². The van der Waals surface area contributed by atoms with Gasteiger partial charge in [-0.3, -0.25) is 4.79 Å². The SMILES string of the molecule is O=C(Cc1ccccc1Cl)Nc1cnc(-c2ccccc2)nc1. The Morgan fingerprint density at radius 2 is 1.61 bits per heavy atom. The molecule has 3 rings (SSSR count). The van der Waals surface area contributed by atoms with Crippen molar-refractivity contribution < 1.29 is 4.79 Å². The van der Waals surface area contributed by atoms with E-state index in [1.807, 2.05) is 48.5 Å². The maximum atomic E-state index is 12.1. The average molecular weight is 324 g/mol. The van der Waals surface area contributed by atoms with Gasteiger partial charge in [-0.1, -0.05) is 60.1 Å². The second-order valence-electron chi connectivity index (χ2n) is 4.98. The van der Waals surface area contributed by atoms with Crippen molar-refractivity contribution in [1.29, 1.82) is 0 Å². The molecule has 0 atom stereocenters. The zero-order valence-corrected chi connectivity index (χ0v) is 13.0. The molecule has 1 aromatic heterocycles. The Morgan fingerprint density at radius 3 is 2.30 bits per heavy atom. The van der Waals surface area contributed by atoms with Crippen LogP contribution in [0.2, 0.25) is 5.02 Å². The summed E-state index contributed by atoms with van der Waals surface area (Å²) in [7, 11) is 0. The lowest BCUT2D eigenvalue weighted by Gasteiger charge is -2.07. The minimum Gasteiger partial charge on any atom is -0.323 e. The number of carbonyl (C=O) groups is 1. The average Bonchev–Trinajstić information content (AvgIpc) is 2.58. The topological polar surface area (TPSA) is 54.9 Å². The molecule has 0 saturated heterocycles. The van der Waals surface area contributed by atoms with Crippen LogP contribution in [-0.2, 0) is 11.2 Å². The van der Waals surface area contributed by atoms with E-state index in [1.54, 1.807) is 18.5 Å². The molecule has 0 bridgehead atoms. The highest BCUT2D eigenvalue weighted by Gasteiger charge is 2.08. The number of carbonyl (C=O) groups excluding carboxylic acids is 1. The number of hydrogen-bond donors (Lipinski definition) is 1. The highest BCUT2D eigenvalue weighted by atomic mass is 35.5. The molecule has 5 heteroatoms. The third kappa shape index (κ3) is 3.93. The van der Waals surface area contributed by atoms with Crippen molar-refractivity contribution in [2.75, 3.05) is 5.32 Å². The molecule has 0 unspecified atom stereocenters. The van der Waals surface area contributed by atoms with Gasteiger partial charge in [-0.2, -0.15) is 0 Å². The van der Waals surface area contributed by atoms with E-state index in [4.69, 9.17) is 11.6 Å². The van der Waals surface area contributed by atoms with E-state index >= 15 is 0 Å². The van der Waals surface area contributed by atoms with Gasteiger partial charge in [0.2, 0.25) is 5.91 Å². The van der Waals surface area contributed by atoms with Crippen LogP contribution in [0.3, 0.4) is 0 Å². The Balaban J connectivity index is 1.66. The minimum atomic E-state index is -0.158. The molecule has 2 aromatic carbocycles. The van der Waals surface area contributed by atoms with Gasteiger partial charge < -0.3 is 5.32 Å². The highest BCUT2D eigenvalue weighted by molar-refractivity contribution is 6.31. The summed E-state index contributed by atoms with van der Waals surface area (Å²) in [5.41, 5.74) is 2.27.